The van der Waals surface area contributed by atoms with Crippen LogP contribution in [0.1, 0.15) is 51.3 Å². The van der Waals surface area contributed by atoms with Crippen molar-refractivity contribution in [2.24, 2.45) is 0 Å². The molecule has 4 rings (SSSR count). The molecule has 2 atom stereocenters. The van der Waals surface area contributed by atoms with E-state index in [1.807, 2.05) is 43.5 Å². The Labute approximate surface area is 194 Å². The van der Waals surface area contributed by atoms with Gasteiger partial charge in [0.15, 0.2) is 0 Å². The van der Waals surface area contributed by atoms with Gasteiger partial charge in [0.2, 0.25) is 0 Å². The molecule has 2 aliphatic heterocycles. The number of benzene rings is 1. The Hall–Kier alpha value is -2.90. The van der Waals surface area contributed by atoms with Crippen molar-refractivity contribution < 1.29 is 19.4 Å². The number of ether oxygens (including phenoxy) is 2. The van der Waals surface area contributed by atoms with Gasteiger partial charge in [0.05, 0.1) is 30.9 Å². The third-order valence-corrected chi connectivity index (χ3v) is 6.56. The molecule has 0 aliphatic carbocycles. The smallest absolute Gasteiger partial charge is 0.411 e. The maximum atomic E-state index is 12.8. The normalized spacial score (nSPS) is 22.4. The molecule has 7 heteroatoms. The van der Waals surface area contributed by atoms with Crippen LogP contribution >= 0.6 is 0 Å². The Morgan fingerprint density at radius 2 is 1.91 bits per heavy atom. The van der Waals surface area contributed by atoms with Crippen LogP contribution in [0.5, 0.6) is 0 Å². The van der Waals surface area contributed by atoms with Crippen molar-refractivity contribution >= 4 is 6.09 Å². The lowest BCUT2D eigenvalue weighted by Crippen LogP contribution is -2.51. The van der Waals surface area contributed by atoms with Crippen molar-refractivity contribution in [2.45, 2.75) is 56.9 Å². The number of hydrogen-bond donors (Lipinski definition) is 1. The molecule has 1 unspecified atom stereocenters. The molecular formula is C26H32N2O5. The highest BCUT2D eigenvalue weighted by atomic mass is 16.6. The van der Waals surface area contributed by atoms with E-state index in [0.29, 0.717) is 32.6 Å². The zero-order valence-corrected chi connectivity index (χ0v) is 19.5. The van der Waals surface area contributed by atoms with E-state index in [4.69, 9.17) is 9.47 Å². The summed E-state index contributed by atoms with van der Waals surface area (Å²) in [6.07, 6.45) is 3.91. The molecule has 3 heterocycles. The van der Waals surface area contributed by atoms with Crippen molar-refractivity contribution in [2.75, 3.05) is 19.8 Å². The van der Waals surface area contributed by atoms with Crippen LogP contribution in [0.3, 0.4) is 0 Å². The van der Waals surface area contributed by atoms with Gasteiger partial charge in [-0.25, -0.2) is 4.79 Å². The fraction of sp³-hybridized carbons (Fsp3) is 0.462. The van der Waals surface area contributed by atoms with E-state index in [1.54, 1.807) is 35.5 Å². The first kappa shape index (κ1) is 23.3. The number of hydrogen-bond acceptors (Lipinski definition) is 5. The Morgan fingerprint density at radius 1 is 1.21 bits per heavy atom. The van der Waals surface area contributed by atoms with E-state index in [-0.39, 0.29) is 17.6 Å². The maximum Gasteiger partial charge on any atom is 0.411 e. The zero-order chi connectivity index (χ0) is 23.8. The number of pyridine rings is 1. The molecule has 0 saturated carbocycles. The largest absolute Gasteiger partial charge is 0.438 e. The molecule has 1 N–H and O–H groups in total. The van der Waals surface area contributed by atoms with Crippen molar-refractivity contribution in [1.29, 1.82) is 0 Å². The zero-order valence-electron chi connectivity index (χ0n) is 19.5. The molecule has 2 saturated heterocycles. The summed E-state index contributed by atoms with van der Waals surface area (Å²) >= 11 is 0. The van der Waals surface area contributed by atoms with E-state index in [0.717, 1.165) is 16.7 Å². The fourth-order valence-corrected chi connectivity index (χ4v) is 4.60. The van der Waals surface area contributed by atoms with Gasteiger partial charge in [-0.2, -0.15) is 0 Å². The lowest BCUT2D eigenvalue weighted by molar-refractivity contribution is -0.0701. The van der Waals surface area contributed by atoms with Gasteiger partial charge in [-0.15, -0.1) is 0 Å². The number of amides is 1. The number of rotatable bonds is 7. The van der Waals surface area contributed by atoms with Crippen LogP contribution in [0.4, 0.5) is 4.79 Å². The Bertz CT molecular complexity index is 1080. The number of nitrogens with zero attached hydrogens (tertiary/aromatic N) is 2. The van der Waals surface area contributed by atoms with Gasteiger partial charge < -0.3 is 24.0 Å². The first-order chi connectivity index (χ1) is 15.6. The van der Waals surface area contributed by atoms with Crippen LogP contribution in [-0.2, 0) is 9.47 Å². The lowest BCUT2D eigenvalue weighted by atomic mass is 9.85. The van der Waals surface area contributed by atoms with Crippen molar-refractivity contribution in [3.05, 3.63) is 71.2 Å². The van der Waals surface area contributed by atoms with Crippen LogP contribution < -0.4 is 5.56 Å². The molecule has 1 aromatic carbocycles. The second kappa shape index (κ2) is 8.80. The predicted molar refractivity (Wildman–Crippen MR) is 126 cm³/mol. The number of aliphatic hydroxyl groups is 1. The van der Waals surface area contributed by atoms with Gasteiger partial charge >= 0.3 is 6.09 Å². The van der Waals surface area contributed by atoms with E-state index in [2.05, 4.69) is 6.58 Å². The number of carbonyl (C=O) groups is 1. The van der Waals surface area contributed by atoms with E-state index >= 15 is 0 Å². The van der Waals surface area contributed by atoms with Crippen molar-refractivity contribution in [1.82, 2.24) is 9.47 Å². The summed E-state index contributed by atoms with van der Waals surface area (Å²) in [6, 6.07) is 11.4. The number of carbonyl (C=O) groups excluding carboxylic acids is 1. The van der Waals surface area contributed by atoms with Crippen LogP contribution in [0.2, 0.25) is 0 Å². The quantitative estimate of drug-likeness (QED) is 0.641. The minimum Gasteiger partial charge on any atom is -0.438 e. The van der Waals surface area contributed by atoms with Crippen molar-refractivity contribution in [3.63, 3.8) is 0 Å². The molecule has 33 heavy (non-hydrogen) atoms. The van der Waals surface area contributed by atoms with E-state index in [1.165, 1.54) is 0 Å². The average Bonchev–Trinajstić information content (AvgIpc) is 2.72. The number of aromatic nitrogens is 1. The third kappa shape index (κ3) is 4.89. The second-order valence-corrected chi connectivity index (χ2v) is 9.72. The highest BCUT2D eigenvalue weighted by Crippen LogP contribution is 2.36. The van der Waals surface area contributed by atoms with Gasteiger partial charge in [-0.1, -0.05) is 30.8 Å². The summed E-state index contributed by atoms with van der Waals surface area (Å²) in [5.41, 5.74) is 0.911. The summed E-state index contributed by atoms with van der Waals surface area (Å²) in [4.78, 5) is 27.0. The molecule has 2 aliphatic rings. The predicted octanol–water partition coefficient (Wildman–Crippen LogP) is 4.08. The standard InChI is InChI=1S/C26H32N2O5/c1-5-26(17-25(3,4)31)11-13-27(24(30)33-26)18(2)19-6-8-20(9-7-19)21-10-12-28(23(29)14-21)22-15-32-16-22/h5-10,12,14,18,22,31H,1,11,13,15-17H2,2-4H3/t18?,26-/m0/s1. The molecular weight excluding hydrogens is 420 g/mol. The van der Waals surface area contributed by atoms with Gasteiger partial charge in [0.1, 0.15) is 5.60 Å². The first-order valence-corrected chi connectivity index (χ1v) is 11.4. The molecule has 1 aromatic heterocycles. The second-order valence-electron chi connectivity index (χ2n) is 9.72. The van der Waals surface area contributed by atoms with Crippen molar-refractivity contribution in [3.8, 4) is 11.1 Å². The highest BCUT2D eigenvalue weighted by Gasteiger charge is 2.43. The molecule has 2 aromatic rings. The SMILES string of the molecule is C=C[C@@]1(CC(C)(C)O)CCN(C(C)c2ccc(-c3ccn(C4COC4)c(=O)c3)cc2)C(=O)O1. The average molecular weight is 453 g/mol. The molecule has 2 fully saturated rings. The molecule has 0 bridgehead atoms. The van der Waals surface area contributed by atoms with Crippen LogP contribution in [0.25, 0.3) is 11.1 Å². The van der Waals surface area contributed by atoms with Crippen LogP contribution in [-0.4, -0.2) is 51.6 Å². The monoisotopic (exact) mass is 452 g/mol. The third-order valence-electron chi connectivity index (χ3n) is 6.56. The summed E-state index contributed by atoms with van der Waals surface area (Å²) in [5.74, 6) is 0. The van der Waals surface area contributed by atoms with E-state index in [9.17, 15) is 14.7 Å². The van der Waals surface area contributed by atoms with Gasteiger partial charge in [0, 0.05) is 31.6 Å². The fourth-order valence-electron chi connectivity index (χ4n) is 4.60. The summed E-state index contributed by atoms with van der Waals surface area (Å²) < 4.78 is 12.7. The van der Waals surface area contributed by atoms with Gasteiger partial charge in [-0.05, 0) is 49.6 Å². The van der Waals surface area contributed by atoms with Gasteiger partial charge in [-0.3, -0.25) is 4.79 Å². The summed E-state index contributed by atoms with van der Waals surface area (Å²) in [5, 5.41) is 10.2. The molecule has 0 spiro atoms. The molecule has 7 nitrogen and oxygen atoms in total. The molecule has 0 radical (unpaired) electrons. The Kier molecular flexibility index (Phi) is 6.20. The highest BCUT2D eigenvalue weighted by molar-refractivity contribution is 5.70. The van der Waals surface area contributed by atoms with Crippen LogP contribution in [0, 0.1) is 0 Å². The minimum atomic E-state index is -0.968. The molecule has 176 valence electrons. The molecule has 1 amide bonds. The minimum absolute atomic E-state index is 0.0361. The lowest BCUT2D eigenvalue weighted by Gasteiger charge is -2.43. The topological polar surface area (TPSA) is 81.0 Å². The Morgan fingerprint density at radius 3 is 2.42 bits per heavy atom. The first-order valence-electron chi connectivity index (χ1n) is 11.4. The number of cyclic esters (lactones) is 1. The Balaban J connectivity index is 1.46. The summed E-state index contributed by atoms with van der Waals surface area (Å²) in [7, 11) is 0. The van der Waals surface area contributed by atoms with Gasteiger partial charge in [0.25, 0.3) is 5.56 Å². The maximum absolute atomic E-state index is 12.8. The summed E-state index contributed by atoms with van der Waals surface area (Å²) in [6.45, 7) is 10.9. The van der Waals surface area contributed by atoms with Crippen LogP contribution in [0.15, 0.2) is 60.0 Å². The van der Waals surface area contributed by atoms with E-state index < -0.39 is 17.3 Å².